The van der Waals surface area contributed by atoms with Crippen LogP contribution in [0.3, 0.4) is 0 Å². The number of amides is 2. The number of likely N-dealkylation sites (tertiary alicyclic amines) is 1. The smallest absolute Gasteiger partial charge is 0.410 e. The van der Waals surface area contributed by atoms with Gasteiger partial charge in [0.2, 0.25) is 11.5 Å². The van der Waals surface area contributed by atoms with Gasteiger partial charge in [0.25, 0.3) is 5.91 Å². The number of para-hydroxylation sites is 1. The van der Waals surface area contributed by atoms with E-state index in [4.69, 9.17) is 23.9 Å². The fraction of sp³-hybridized carbons (Fsp3) is 0.452. The van der Waals surface area contributed by atoms with Crippen LogP contribution in [0, 0.1) is 0 Å². The minimum Gasteiger partial charge on any atom is -0.493 e. The second-order valence-corrected chi connectivity index (χ2v) is 11.8. The average molecular weight is 548 g/mol. The molecule has 3 heterocycles. The van der Waals surface area contributed by atoms with E-state index in [-0.39, 0.29) is 24.6 Å². The number of hydrogen-bond donors (Lipinski definition) is 0. The van der Waals surface area contributed by atoms with Crippen LogP contribution in [0.2, 0.25) is 0 Å². The number of pyridine rings is 1. The van der Waals surface area contributed by atoms with E-state index in [2.05, 4.69) is 0 Å². The molecule has 0 spiro atoms. The third-order valence-corrected chi connectivity index (χ3v) is 6.92. The molecule has 9 heteroatoms. The van der Waals surface area contributed by atoms with Gasteiger partial charge in [0.15, 0.2) is 11.5 Å². The Morgan fingerprint density at radius 1 is 1.12 bits per heavy atom. The zero-order valence-corrected chi connectivity index (χ0v) is 24.0. The van der Waals surface area contributed by atoms with Gasteiger partial charge in [-0.1, -0.05) is 24.3 Å². The Bertz CT molecular complexity index is 1430. The van der Waals surface area contributed by atoms with Gasteiger partial charge in [-0.05, 0) is 57.9 Å². The maximum Gasteiger partial charge on any atom is 0.410 e. The zero-order chi connectivity index (χ0) is 28.7. The van der Waals surface area contributed by atoms with Gasteiger partial charge in [-0.15, -0.1) is 0 Å². The number of ether oxygens (including phenoxy) is 4. The summed E-state index contributed by atoms with van der Waals surface area (Å²) in [4.78, 5) is 35.4. The van der Waals surface area contributed by atoms with Gasteiger partial charge in [-0.2, -0.15) is 0 Å². The van der Waals surface area contributed by atoms with Crippen LogP contribution < -0.4 is 14.2 Å². The summed E-state index contributed by atoms with van der Waals surface area (Å²) in [7, 11) is 1.53. The highest BCUT2D eigenvalue weighted by atomic mass is 16.7. The van der Waals surface area contributed by atoms with Crippen molar-refractivity contribution >= 4 is 22.9 Å². The summed E-state index contributed by atoms with van der Waals surface area (Å²) in [6.07, 6.45) is 1.25. The van der Waals surface area contributed by atoms with E-state index >= 15 is 0 Å². The number of fused-ring (bicyclic) bond motifs is 2. The first-order valence-corrected chi connectivity index (χ1v) is 13.7. The van der Waals surface area contributed by atoms with Crippen molar-refractivity contribution in [1.82, 2.24) is 14.8 Å². The number of aromatic nitrogens is 1. The fourth-order valence-corrected chi connectivity index (χ4v) is 5.19. The first-order valence-electron chi connectivity index (χ1n) is 13.7. The van der Waals surface area contributed by atoms with Crippen LogP contribution in [-0.4, -0.2) is 64.4 Å². The van der Waals surface area contributed by atoms with Gasteiger partial charge >= 0.3 is 6.09 Å². The number of hydrogen-bond acceptors (Lipinski definition) is 7. The molecule has 0 N–H and O–H groups in total. The first-order chi connectivity index (χ1) is 18.9. The van der Waals surface area contributed by atoms with E-state index in [1.54, 1.807) is 35.8 Å². The molecule has 0 aliphatic carbocycles. The second kappa shape index (κ2) is 10.5. The standard InChI is InChI=1S/C31H37N3O6/c1-30(2,3)40-29(36)34-15-9-11-23(34)19-33(18-22-14-13-20-10-7-8-12-24(20)32-22)28(35)21-16-25(37-6)27-26(17-21)38-31(4,5)39-27/h7-8,10,12-14,16-17,23H,9,11,15,18-19H2,1-6H3/t23-/m1/s1. The van der Waals surface area contributed by atoms with Crippen LogP contribution in [0.25, 0.3) is 10.9 Å². The van der Waals surface area contributed by atoms with Crippen molar-refractivity contribution < 1.29 is 28.5 Å². The van der Waals surface area contributed by atoms with E-state index in [0.29, 0.717) is 35.9 Å². The monoisotopic (exact) mass is 547 g/mol. The molecule has 0 bridgehead atoms. The third-order valence-electron chi connectivity index (χ3n) is 6.92. The second-order valence-electron chi connectivity index (χ2n) is 11.8. The minimum absolute atomic E-state index is 0.186. The van der Waals surface area contributed by atoms with E-state index in [1.807, 2.05) is 57.2 Å². The molecule has 0 unspecified atom stereocenters. The summed E-state index contributed by atoms with van der Waals surface area (Å²) >= 11 is 0. The fourth-order valence-electron chi connectivity index (χ4n) is 5.19. The molecule has 40 heavy (non-hydrogen) atoms. The topological polar surface area (TPSA) is 90.4 Å². The Kier molecular flexibility index (Phi) is 7.25. The first kappa shape index (κ1) is 27.6. The van der Waals surface area contributed by atoms with Gasteiger partial charge in [0.1, 0.15) is 5.60 Å². The van der Waals surface area contributed by atoms with Crippen molar-refractivity contribution in [2.75, 3.05) is 20.2 Å². The van der Waals surface area contributed by atoms with Crippen molar-refractivity contribution in [2.24, 2.45) is 0 Å². The third kappa shape index (κ3) is 5.93. The quantitative estimate of drug-likeness (QED) is 0.386. The molecule has 2 aliphatic rings. The maximum atomic E-state index is 14.1. The number of nitrogens with zero attached hydrogens (tertiary/aromatic N) is 3. The summed E-state index contributed by atoms with van der Waals surface area (Å²) < 4.78 is 23.1. The van der Waals surface area contributed by atoms with Crippen LogP contribution in [0.5, 0.6) is 17.2 Å². The highest BCUT2D eigenvalue weighted by Crippen LogP contribution is 2.47. The summed E-state index contributed by atoms with van der Waals surface area (Å²) in [6.45, 7) is 10.3. The lowest BCUT2D eigenvalue weighted by molar-refractivity contribution is -0.0439. The number of carbonyl (C=O) groups is 2. The number of rotatable bonds is 6. The van der Waals surface area contributed by atoms with Crippen molar-refractivity contribution in [3.63, 3.8) is 0 Å². The molecule has 1 aromatic heterocycles. The lowest BCUT2D eigenvalue weighted by atomic mass is 10.1. The highest BCUT2D eigenvalue weighted by Gasteiger charge is 2.37. The number of benzene rings is 2. The molecule has 212 valence electrons. The summed E-state index contributed by atoms with van der Waals surface area (Å²) in [5, 5.41) is 1.03. The Hall–Kier alpha value is -4.01. The molecule has 1 fully saturated rings. The van der Waals surface area contributed by atoms with Crippen molar-refractivity contribution in [3.8, 4) is 17.2 Å². The highest BCUT2D eigenvalue weighted by molar-refractivity contribution is 5.96. The molecule has 9 nitrogen and oxygen atoms in total. The predicted octanol–water partition coefficient (Wildman–Crippen LogP) is 5.79. The van der Waals surface area contributed by atoms with Gasteiger partial charge in [-0.3, -0.25) is 9.78 Å². The van der Waals surface area contributed by atoms with Crippen LogP contribution in [0.4, 0.5) is 4.79 Å². The molecular weight excluding hydrogens is 510 g/mol. The van der Waals surface area contributed by atoms with Crippen molar-refractivity contribution in [1.29, 1.82) is 0 Å². The summed E-state index contributed by atoms with van der Waals surface area (Å²) in [5.74, 6) is 0.252. The van der Waals surface area contributed by atoms with Gasteiger partial charge in [0, 0.05) is 37.9 Å². The molecule has 2 amide bonds. The maximum absolute atomic E-state index is 14.1. The molecule has 0 radical (unpaired) electrons. The Labute approximate surface area is 235 Å². The molecule has 5 rings (SSSR count). The lowest BCUT2D eigenvalue weighted by Gasteiger charge is -2.32. The zero-order valence-electron chi connectivity index (χ0n) is 24.0. The molecule has 1 saturated heterocycles. The number of carbonyl (C=O) groups excluding carboxylic acids is 2. The van der Waals surface area contributed by atoms with E-state index < -0.39 is 11.4 Å². The molecule has 2 aliphatic heterocycles. The van der Waals surface area contributed by atoms with Crippen molar-refractivity contribution in [2.45, 2.75) is 71.4 Å². The normalized spacial score (nSPS) is 17.6. The minimum atomic E-state index is -0.871. The SMILES string of the molecule is COc1cc(C(=O)N(Cc2ccc3ccccc3n2)C[C@H]2CCCN2C(=O)OC(C)(C)C)cc2c1OC(C)(C)O2. The van der Waals surface area contributed by atoms with E-state index in [1.165, 1.54) is 7.11 Å². The van der Waals surface area contributed by atoms with Gasteiger partial charge in [0.05, 0.1) is 30.9 Å². The van der Waals surface area contributed by atoms with Crippen LogP contribution >= 0.6 is 0 Å². The van der Waals surface area contributed by atoms with E-state index in [0.717, 1.165) is 29.4 Å². The number of methoxy groups -OCH3 is 1. The van der Waals surface area contributed by atoms with Crippen LogP contribution in [0.1, 0.15) is 63.5 Å². The molecule has 2 aromatic carbocycles. The van der Waals surface area contributed by atoms with Gasteiger partial charge < -0.3 is 28.7 Å². The van der Waals surface area contributed by atoms with Crippen LogP contribution in [-0.2, 0) is 11.3 Å². The van der Waals surface area contributed by atoms with E-state index in [9.17, 15) is 9.59 Å². The Morgan fingerprint density at radius 3 is 2.65 bits per heavy atom. The van der Waals surface area contributed by atoms with Crippen LogP contribution in [0.15, 0.2) is 48.5 Å². The molecule has 0 saturated carbocycles. The average Bonchev–Trinajstić information content (AvgIpc) is 3.48. The largest absolute Gasteiger partial charge is 0.493 e. The predicted molar refractivity (Wildman–Crippen MR) is 151 cm³/mol. The Morgan fingerprint density at radius 2 is 1.90 bits per heavy atom. The molecular formula is C31H37N3O6. The summed E-state index contributed by atoms with van der Waals surface area (Å²) in [5.41, 5.74) is 1.41. The summed E-state index contributed by atoms with van der Waals surface area (Å²) in [6, 6.07) is 15.0. The van der Waals surface area contributed by atoms with Crippen molar-refractivity contribution in [3.05, 3.63) is 59.8 Å². The molecule has 3 aromatic rings. The Balaban J connectivity index is 1.47. The molecule has 1 atom stereocenters. The van der Waals surface area contributed by atoms with Gasteiger partial charge in [-0.25, -0.2) is 4.79 Å². The lowest BCUT2D eigenvalue weighted by Crippen LogP contribution is -2.46.